The number of sulfone groups is 1. The van der Waals surface area contributed by atoms with Crippen LogP contribution in [0.25, 0.3) is 10.8 Å². The van der Waals surface area contributed by atoms with Crippen molar-refractivity contribution in [2.45, 2.75) is 16.7 Å². The first-order chi connectivity index (χ1) is 12.3. The Bertz CT molecular complexity index is 1170. The Balaban J connectivity index is 2.32. The highest BCUT2D eigenvalue weighted by molar-refractivity contribution is 7.92. The molecule has 0 amide bonds. The number of benzene rings is 3. The summed E-state index contributed by atoms with van der Waals surface area (Å²) in [6.45, 7) is 1.48. The minimum absolute atomic E-state index is 0.00915. The Morgan fingerprint density at radius 2 is 1.46 bits per heavy atom. The average Bonchev–Trinajstić information content (AvgIpc) is 2.64. The molecule has 0 aliphatic carbocycles. The number of phenols is 1. The molecule has 136 valence electrons. The number of nitrogens with one attached hydrogen (secondary N) is 1. The van der Waals surface area contributed by atoms with Crippen LogP contribution in [0.3, 0.4) is 0 Å². The molecule has 3 aromatic carbocycles. The lowest BCUT2D eigenvalue weighted by molar-refractivity contribution is 0.465. The molecule has 0 radical (unpaired) electrons. The number of aromatic hydroxyl groups is 1. The van der Waals surface area contributed by atoms with Gasteiger partial charge in [0.05, 0.1) is 16.3 Å². The van der Waals surface area contributed by atoms with Crippen LogP contribution in [0.1, 0.15) is 6.92 Å². The minimum atomic E-state index is -4.03. The lowest BCUT2D eigenvalue weighted by atomic mass is 10.1. The van der Waals surface area contributed by atoms with E-state index in [1.807, 2.05) is 0 Å². The van der Waals surface area contributed by atoms with Gasteiger partial charge in [-0.2, -0.15) is 0 Å². The molecular formula is C18H17NO5S2. The summed E-state index contributed by atoms with van der Waals surface area (Å²) in [4.78, 5) is -0.342. The van der Waals surface area contributed by atoms with Crippen molar-refractivity contribution < 1.29 is 21.9 Å². The van der Waals surface area contributed by atoms with Crippen LogP contribution in [0.2, 0.25) is 0 Å². The van der Waals surface area contributed by atoms with E-state index in [0.717, 1.165) is 6.07 Å². The van der Waals surface area contributed by atoms with Crippen LogP contribution in [0, 0.1) is 0 Å². The van der Waals surface area contributed by atoms with E-state index in [-0.39, 0.29) is 26.6 Å². The van der Waals surface area contributed by atoms with Gasteiger partial charge in [0.1, 0.15) is 10.6 Å². The number of fused-ring (bicyclic) bond motifs is 1. The number of hydrogen-bond acceptors (Lipinski definition) is 5. The largest absolute Gasteiger partial charge is 0.506 e. The molecule has 8 heteroatoms. The quantitative estimate of drug-likeness (QED) is 0.651. The van der Waals surface area contributed by atoms with Gasteiger partial charge in [-0.3, -0.25) is 4.72 Å². The van der Waals surface area contributed by atoms with Crippen molar-refractivity contribution in [3.05, 3.63) is 60.7 Å². The fourth-order valence-electron chi connectivity index (χ4n) is 2.59. The Hall–Kier alpha value is -2.58. The average molecular weight is 391 g/mol. The SMILES string of the molecule is CCS(=O)(=O)Nc1cc(S(=O)(=O)c2ccccc2)c(O)c2ccccc12. The summed E-state index contributed by atoms with van der Waals surface area (Å²) in [6, 6.07) is 15.3. The van der Waals surface area contributed by atoms with E-state index in [9.17, 15) is 21.9 Å². The third-order valence-corrected chi connectivity index (χ3v) is 7.04. The first kappa shape index (κ1) is 18.2. The van der Waals surface area contributed by atoms with E-state index >= 15 is 0 Å². The Kier molecular flexibility index (Phi) is 4.64. The molecule has 0 unspecified atom stereocenters. The van der Waals surface area contributed by atoms with Crippen LogP contribution in [0.4, 0.5) is 5.69 Å². The van der Waals surface area contributed by atoms with Gasteiger partial charge < -0.3 is 5.11 Å². The van der Waals surface area contributed by atoms with Crippen LogP contribution in [-0.2, 0) is 19.9 Å². The zero-order valence-electron chi connectivity index (χ0n) is 13.9. The fraction of sp³-hybridized carbons (Fsp3) is 0.111. The van der Waals surface area contributed by atoms with Gasteiger partial charge in [-0.05, 0) is 25.1 Å². The van der Waals surface area contributed by atoms with Crippen molar-refractivity contribution in [2.24, 2.45) is 0 Å². The molecule has 3 rings (SSSR count). The lowest BCUT2D eigenvalue weighted by Crippen LogP contribution is -2.15. The van der Waals surface area contributed by atoms with Crippen LogP contribution in [-0.4, -0.2) is 27.7 Å². The van der Waals surface area contributed by atoms with Crippen molar-refractivity contribution in [2.75, 3.05) is 10.5 Å². The maximum Gasteiger partial charge on any atom is 0.232 e. The molecular weight excluding hydrogens is 374 g/mol. The molecule has 0 aliphatic rings. The summed E-state index contributed by atoms with van der Waals surface area (Å²) in [5.41, 5.74) is 0.106. The third kappa shape index (κ3) is 3.25. The summed E-state index contributed by atoms with van der Waals surface area (Å²) < 4.78 is 52.3. The van der Waals surface area contributed by atoms with Crippen LogP contribution < -0.4 is 4.72 Å². The van der Waals surface area contributed by atoms with E-state index in [4.69, 9.17) is 0 Å². The van der Waals surface area contributed by atoms with Crippen LogP contribution in [0.5, 0.6) is 5.75 Å². The molecule has 0 fully saturated rings. The molecule has 0 atom stereocenters. The number of anilines is 1. The second-order valence-electron chi connectivity index (χ2n) is 5.64. The van der Waals surface area contributed by atoms with Gasteiger partial charge in [0.25, 0.3) is 0 Å². The van der Waals surface area contributed by atoms with E-state index in [1.54, 1.807) is 42.5 Å². The zero-order chi connectivity index (χ0) is 18.9. The molecule has 0 aromatic heterocycles. The maximum atomic E-state index is 12.9. The Labute approximate surface area is 152 Å². The first-order valence-electron chi connectivity index (χ1n) is 7.81. The number of hydrogen-bond donors (Lipinski definition) is 2. The molecule has 0 saturated carbocycles. The van der Waals surface area contributed by atoms with Gasteiger partial charge in [0.15, 0.2) is 0 Å². The molecule has 0 saturated heterocycles. The highest BCUT2D eigenvalue weighted by Gasteiger charge is 2.25. The highest BCUT2D eigenvalue weighted by atomic mass is 32.2. The standard InChI is InChI=1S/C18H17NO5S2/c1-2-25(21,22)19-16-12-17(18(20)15-11-7-6-10-14(15)16)26(23,24)13-8-4-3-5-9-13/h3-12,19-20H,2H2,1H3. The molecule has 0 spiro atoms. The molecule has 0 bridgehead atoms. The molecule has 26 heavy (non-hydrogen) atoms. The monoisotopic (exact) mass is 391 g/mol. The Morgan fingerprint density at radius 3 is 2.08 bits per heavy atom. The smallest absolute Gasteiger partial charge is 0.232 e. The number of rotatable bonds is 5. The fourth-order valence-corrected chi connectivity index (χ4v) is 4.65. The van der Waals surface area contributed by atoms with E-state index in [1.165, 1.54) is 19.1 Å². The summed E-state index contributed by atoms with van der Waals surface area (Å²) in [5, 5.41) is 11.2. The van der Waals surface area contributed by atoms with E-state index in [0.29, 0.717) is 5.39 Å². The maximum absolute atomic E-state index is 12.9. The van der Waals surface area contributed by atoms with Crippen molar-refractivity contribution in [3.8, 4) is 5.75 Å². The second-order valence-corrected chi connectivity index (χ2v) is 9.57. The molecule has 3 aromatic rings. The van der Waals surface area contributed by atoms with Gasteiger partial charge in [0, 0.05) is 10.8 Å². The Morgan fingerprint density at radius 1 is 0.885 bits per heavy atom. The van der Waals surface area contributed by atoms with Crippen molar-refractivity contribution in [3.63, 3.8) is 0 Å². The minimum Gasteiger partial charge on any atom is -0.506 e. The van der Waals surface area contributed by atoms with E-state index in [2.05, 4.69) is 4.72 Å². The predicted molar refractivity (Wildman–Crippen MR) is 101 cm³/mol. The van der Waals surface area contributed by atoms with Gasteiger partial charge in [-0.1, -0.05) is 42.5 Å². The summed E-state index contributed by atoms with van der Waals surface area (Å²) >= 11 is 0. The first-order valence-corrected chi connectivity index (χ1v) is 10.9. The summed E-state index contributed by atoms with van der Waals surface area (Å²) in [5.74, 6) is -0.577. The topological polar surface area (TPSA) is 101 Å². The molecule has 6 nitrogen and oxygen atoms in total. The second kappa shape index (κ2) is 6.62. The molecule has 2 N–H and O–H groups in total. The van der Waals surface area contributed by atoms with Gasteiger partial charge in [-0.15, -0.1) is 0 Å². The van der Waals surface area contributed by atoms with Gasteiger partial charge in [-0.25, -0.2) is 16.8 Å². The molecule has 0 aliphatic heterocycles. The lowest BCUT2D eigenvalue weighted by Gasteiger charge is -2.15. The number of sulfonamides is 1. The normalized spacial score (nSPS) is 12.2. The van der Waals surface area contributed by atoms with Crippen LogP contribution in [0.15, 0.2) is 70.5 Å². The van der Waals surface area contributed by atoms with Crippen molar-refractivity contribution in [1.29, 1.82) is 0 Å². The molecule has 0 heterocycles. The van der Waals surface area contributed by atoms with Crippen LogP contribution >= 0.6 is 0 Å². The van der Waals surface area contributed by atoms with Crippen molar-refractivity contribution >= 4 is 36.3 Å². The van der Waals surface area contributed by atoms with Crippen molar-refractivity contribution in [1.82, 2.24) is 0 Å². The zero-order valence-corrected chi connectivity index (χ0v) is 15.5. The summed E-state index contributed by atoms with van der Waals surface area (Å²) in [7, 11) is -7.66. The highest BCUT2D eigenvalue weighted by Crippen LogP contribution is 2.39. The summed E-state index contributed by atoms with van der Waals surface area (Å²) in [6.07, 6.45) is 0. The van der Waals surface area contributed by atoms with Gasteiger partial charge in [0.2, 0.25) is 19.9 Å². The number of phenolic OH excluding ortho intramolecular Hbond substituents is 1. The third-order valence-electron chi connectivity index (χ3n) is 3.97. The van der Waals surface area contributed by atoms with E-state index < -0.39 is 25.6 Å². The predicted octanol–water partition coefficient (Wildman–Crippen LogP) is 3.14. The van der Waals surface area contributed by atoms with Gasteiger partial charge >= 0.3 is 0 Å².